The van der Waals surface area contributed by atoms with Gasteiger partial charge in [-0.2, -0.15) is 0 Å². The number of guanidine groups is 1. The summed E-state index contributed by atoms with van der Waals surface area (Å²) in [5.41, 5.74) is 5.72. The smallest absolute Gasteiger partial charge is 0.188 e. The van der Waals surface area contributed by atoms with Crippen molar-refractivity contribution in [3.63, 3.8) is 0 Å². The molecule has 1 heterocycles. The van der Waals surface area contributed by atoms with E-state index in [9.17, 15) is 0 Å². The first-order valence-corrected chi connectivity index (χ1v) is 6.65. The van der Waals surface area contributed by atoms with Crippen LogP contribution >= 0.6 is 27.3 Å². The zero-order valence-electron chi connectivity index (χ0n) is 8.37. The van der Waals surface area contributed by atoms with Gasteiger partial charge in [-0.3, -0.25) is 4.99 Å². The van der Waals surface area contributed by atoms with Crippen LogP contribution in [0.1, 0.15) is 17.7 Å². The van der Waals surface area contributed by atoms with Gasteiger partial charge in [0, 0.05) is 23.9 Å². The first kappa shape index (κ1) is 11.0. The Morgan fingerprint density at radius 1 is 1.60 bits per heavy atom. The highest BCUT2D eigenvalue weighted by Crippen LogP contribution is 2.22. The molecule has 1 fully saturated rings. The normalized spacial score (nSPS) is 16.7. The number of nitrogens with two attached hydrogens (primary N) is 1. The lowest BCUT2D eigenvalue weighted by Crippen LogP contribution is -2.33. The number of thiophene rings is 1. The average molecular weight is 288 g/mol. The average Bonchev–Trinajstić information content (AvgIpc) is 2.89. The van der Waals surface area contributed by atoms with E-state index in [4.69, 9.17) is 5.73 Å². The molecule has 0 saturated heterocycles. The van der Waals surface area contributed by atoms with Crippen LogP contribution in [0, 0.1) is 0 Å². The summed E-state index contributed by atoms with van der Waals surface area (Å²) in [6.07, 6.45) is 3.42. The molecule has 0 spiro atoms. The maximum atomic E-state index is 5.72. The van der Waals surface area contributed by atoms with Crippen molar-refractivity contribution in [3.05, 3.63) is 20.8 Å². The lowest BCUT2D eigenvalue weighted by atomic mass is 10.3. The molecule has 0 atom stereocenters. The van der Waals surface area contributed by atoms with Gasteiger partial charge in [0.1, 0.15) is 0 Å². The molecule has 0 aromatic carbocycles. The first-order valence-electron chi connectivity index (χ1n) is 5.05. The third-order valence-electron chi connectivity index (χ3n) is 2.20. The molecule has 1 aliphatic carbocycles. The van der Waals surface area contributed by atoms with Crippen LogP contribution in [0.15, 0.2) is 20.9 Å². The predicted octanol–water partition coefficient (Wildman–Crippen LogP) is 2.12. The van der Waals surface area contributed by atoms with Crippen molar-refractivity contribution in [1.29, 1.82) is 0 Å². The second-order valence-corrected chi connectivity index (χ2v) is 6.19. The van der Waals surface area contributed by atoms with Gasteiger partial charge in [-0.1, -0.05) is 0 Å². The minimum absolute atomic E-state index is 0.588. The quantitative estimate of drug-likeness (QED) is 0.658. The van der Waals surface area contributed by atoms with Gasteiger partial charge < -0.3 is 11.1 Å². The van der Waals surface area contributed by atoms with E-state index >= 15 is 0 Å². The van der Waals surface area contributed by atoms with Gasteiger partial charge in [0.05, 0.1) is 3.79 Å². The molecule has 1 aromatic rings. The summed E-state index contributed by atoms with van der Waals surface area (Å²) in [6, 6.07) is 4.77. The molecule has 0 radical (unpaired) electrons. The first-order chi connectivity index (χ1) is 7.24. The summed E-state index contributed by atoms with van der Waals surface area (Å²) in [7, 11) is 0. The number of rotatable bonds is 4. The predicted molar refractivity (Wildman–Crippen MR) is 68.4 cm³/mol. The number of nitrogens with zero attached hydrogens (tertiary/aromatic N) is 1. The van der Waals surface area contributed by atoms with Crippen LogP contribution in [-0.2, 0) is 6.42 Å². The molecule has 0 unspecified atom stereocenters. The van der Waals surface area contributed by atoms with Crippen LogP contribution in [0.2, 0.25) is 0 Å². The topological polar surface area (TPSA) is 50.4 Å². The van der Waals surface area contributed by atoms with Gasteiger partial charge in [0.2, 0.25) is 0 Å². The van der Waals surface area contributed by atoms with E-state index in [2.05, 4.69) is 38.4 Å². The third kappa shape index (κ3) is 3.83. The van der Waals surface area contributed by atoms with Gasteiger partial charge in [-0.05, 0) is 40.9 Å². The van der Waals surface area contributed by atoms with E-state index < -0.39 is 0 Å². The molecule has 15 heavy (non-hydrogen) atoms. The highest BCUT2D eigenvalue weighted by molar-refractivity contribution is 9.11. The van der Waals surface area contributed by atoms with Gasteiger partial charge in [0.25, 0.3) is 0 Å². The van der Waals surface area contributed by atoms with Gasteiger partial charge in [-0.15, -0.1) is 11.3 Å². The molecule has 82 valence electrons. The molecule has 3 N–H and O–H groups in total. The lowest BCUT2D eigenvalue weighted by molar-refractivity contribution is 0.873. The Bertz CT molecular complexity index is 357. The molecule has 0 amide bonds. The number of aliphatic imine (C=N–C) groups is 1. The SMILES string of the molecule is NC(=NCCc1ccc(Br)s1)NC1CC1. The molecular weight excluding hydrogens is 274 g/mol. The fraction of sp³-hybridized carbons (Fsp3) is 0.500. The fourth-order valence-electron chi connectivity index (χ4n) is 1.26. The van der Waals surface area contributed by atoms with Crippen molar-refractivity contribution in [1.82, 2.24) is 5.32 Å². The second kappa shape index (κ2) is 4.99. The molecule has 1 aromatic heterocycles. The van der Waals surface area contributed by atoms with Crippen molar-refractivity contribution < 1.29 is 0 Å². The van der Waals surface area contributed by atoms with Crippen molar-refractivity contribution in [3.8, 4) is 0 Å². The summed E-state index contributed by atoms with van der Waals surface area (Å²) in [5, 5.41) is 3.17. The van der Waals surface area contributed by atoms with E-state index in [0.717, 1.165) is 13.0 Å². The Morgan fingerprint density at radius 2 is 2.40 bits per heavy atom. The minimum atomic E-state index is 0.588. The highest BCUT2D eigenvalue weighted by Gasteiger charge is 2.21. The van der Waals surface area contributed by atoms with Crippen LogP contribution in [0.3, 0.4) is 0 Å². The van der Waals surface area contributed by atoms with E-state index in [1.165, 1.54) is 21.5 Å². The van der Waals surface area contributed by atoms with Crippen molar-refractivity contribution in [2.45, 2.75) is 25.3 Å². The maximum absolute atomic E-state index is 5.72. The van der Waals surface area contributed by atoms with Crippen molar-refractivity contribution in [2.24, 2.45) is 10.7 Å². The lowest BCUT2D eigenvalue weighted by Gasteiger charge is -2.01. The van der Waals surface area contributed by atoms with Crippen LogP contribution in [0.5, 0.6) is 0 Å². The number of hydrogen-bond acceptors (Lipinski definition) is 2. The van der Waals surface area contributed by atoms with E-state index in [-0.39, 0.29) is 0 Å². The summed E-state index contributed by atoms with van der Waals surface area (Å²) < 4.78 is 1.17. The largest absolute Gasteiger partial charge is 0.370 e. The minimum Gasteiger partial charge on any atom is -0.370 e. The van der Waals surface area contributed by atoms with Crippen LogP contribution < -0.4 is 11.1 Å². The van der Waals surface area contributed by atoms with E-state index in [0.29, 0.717) is 12.0 Å². The molecule has 3 nitrogen and oxygen atoms in total. The molecule has 5 heteroatoms. The zero-order valence-corrected chi connectivity index (χ0v) is 10.8. The van der Waals surface area contributed by atoms with Crippen LogP contribution in [0.4, 0.5) is 0 Å². The molecule has 0 aliphatic heterocycles. The van der Waals surface area contributed by atoms with Crippen molar-refractivity contribution >= 4 is 33.2 Å². The summed E-state index contributed by atoms with van der Waals surface area (Å²) in [6.45, 7) is 0.762. The Balaban J connectivity index is 1.72. The van der Waals surface area contributed by atoms with Gasteiger partial charge in [-0.25, -0.2) is 0 Å². The number of nitrogens with one attached hydrogen (secondary N) is 1. The second-order valence-electron chi connectivity index (χ2n) is 3.64. The van der Waals surface area contributed by atoms with Gasteiger partial charge in [0.15, 0.2) is 5.96 Å². The Morgan fingerprint density at radius 3 is 3.00 bits per heavy atom. The Labute approximate surface area is 102 Å². The molecule has 0 bridgehead atoms. The standard InChI is InChI=1S/C10H14BrN3S/c11-9-4-3-8(15-9)5-6-13-10(12)14-7-1-2-7/h3-4,7H,1-2,5-6H2,(H3,12,13,14). The molecule has 1 saturated carbocycles. The molecule has 1 aliphatic rings. The fourth-order valence-corrected chi connectivity index (χ4v) is 2.73. The van der Waals surface area contributed by atoms with E-state index in [1.54, 1.807) is 11.3 Å². The molecule has 2 rings (SSSR count). The third-order valence-corrected chi connectivity index (χ3v) is 3.88. The zero-order chi connectivity index (χ0) is 10.7. The van der Waals surface area contributed by atoms with Crippen LogP contribution in [0.25, 0.3) is 0 Å². The highest BCUT2D eigenvalue weighted by atomic mass is 79.9. The van der Waals surface area contributed by atoms with E-state index in [1.807, 2.05) is 0 Å². The summed E-state index contributed by atoms with van der Waals surface area (Å²) >= 11 is 5.19. The van der Waals surface area contributed by atoms with Crippen molar-refractivity contribution in [2.75, 3.05) is 6.54 Å². The number of halogens is 1. The monoisotopic (exact) mass is 287 g/mol. The maximum Gasteiger partial charge on any atom is 0.188 e. The Hall–Kier alpha value is -0.550. The Kier molecular flexibility index (Phi) is 3.64. The molecular formula is C10H14BrN3S. The van der Waals surface area contributed by atoms with Gasteiger partial charge >= 0.3 is 0 Å². The number of hydrogen-bond donors (Lipinski definition) is 2. The summed E-state index contributed by atoms with van der Waals surface area (Å²) in [5.74, 6) is 0.591. The summed E-state index contributed by atoms with van der Waals surface area (Å²) in [4.78, 5) is 5.62. The van der Waals surface area contributed by atoms with Crippen LogP contribution in [-0.4, -0.2) is 18.5 Å².